The molecule has 5 N–H and O–H groups in total. The molecule has 0 aromatic heterocycles. The molecule has 0 aliphatic rings. The van der Waals surface area contributed by atoms with Crippen LogP contribution in [0.1, 0.15) is 136 Å². The summed E-state index contributed by atoms with van der Waals surface area (Å²) in [5.41, 5.74) is 5.31. The van der Waals surface area contributed by atoms with Gasteiger partial charge in [0, 0.05) is 12.8 Å². The molecule has 13 heteroatoms. The van der Waals surface area contributed by atoms with Crippen molar-refractivity contribution in [2.24, 2.45) is 5.73 Å². The van der Waals surface area contributed by atoms with E-state index in [1.54, 1.807) is 18.2 Å². The van der Waals surface area contributed by atoms with E-state index in [1.807, 2.05) is 6.08 Å². The summed E-state index contributed by atoms with van der Waals surface area (Å²) in [6.07, 6.45) is 42.7. The highest BCUT2D eigenvalue weighted by Crippen LogP contribution is 2.43. The Hall–Kier alpha value is -3.38. The van der Waals surface area contributed by atoms with Crippen molar-refractivity contribution in [3.05, 3.63) is 85.1 Å². The number of carboxylic acid groups (broad SMARTS) is 1. The number of unbranched alkanes of at least 4 members (excludes halogenated alkanes) is 9. The van der Waals surface area contributed by atoms with Crippen molar-refractivity contribution in [3.8, 4) is 0 Å². The maximum absolute atomic E-state index is 12.6. The monoisotopic (exact) mass is 821 g/mol. The Morgan fingerprint density at radius 1 is 0.649 bits per heavy atom. The van der Waals surface area contributed by atoms with Gasteiger partial charge in [0.2, 0.25) is 0 Å². The molecule has 0 aromatic carbocycles. The van der Waals surface area contributed by atoms with E-state index >= 15 is 0 Å². The number of rotatable bonds is 37. The summed E-state index contributed by atoms with van der Waals surface area (Å²) in [4.78, 5) is 45.9. The standard InChI is InChI=1S/C44H72NO11P/c1-3-5-7-9-11-13-15-17-18-19-21-22-24-26-28-30-32-39(46)34-35-43(48)56-40(37-54-57(51,52)55-38-41(45)44(49)50)36-53-42(47)33-31-29-27-25-23-20-16-14-12-10-8-6-4-2/h5,7,11,13-14,16-18,21-22,26,28,30,32,39-41,46H,3-4,6,8-10,12,15,19-20,23-25,27,29,31,33-38,45H2,1-2H3,(H,49,50)(H,51,52)/b7-5-,13-11-,16-14-,18-17-,22-21-,28-26-,32-30-/t39?,40-,41+/m1/s1. The predicted molar refractivity (Wildman–Crippen MR) is 227 cm³/mol. The molecule has 0 rings (SSSR count). The zero-order valence-corrected chi connectivity index (χ0v) is 35.4. The molecule has 0 saturated heterocycles. The minimum absolute atomic E-state index is 0.0391. The zero-order chi connectivity index (χ0) is 42.2. The molecule has 0 aliphatic heterocycles. The summed E-state index contributed by atoms with van der Waals surface area (Å²) in [6.45, 7) is 2.39. The first kappa shape index (κ1) is 53.6. The molecule has 0 heterocycles. The summed E-state index contributed by atoms with van der Waals surface area (Å²) in [6, 6.07) is -1.56. The van der Waals surface area contributed by atoms with Gasteiger partial charge in [-0.3, -0.25) is 23.4 Å². The van der Waals surface area contributed by atoms with Crippen molar-refractivity contribution in [1.82, 2.24) is 0 Å². The number of aliphatic hydroxyl groups excluding tert-OH is 1. The topological polar surface area (TPSA) is 192 Å². The van der Waals surface area contributed by atoms with Crippen LogP contribution in [0.25, 0.3) is 0 Å². The third-order valence-electron chi connectivity index (χ3n) is 8.24. The summed E-state index contributed by atoms with van der Waals surface area (Å²) in [5.74, 6) is -2.72. The maximum atomic E-state index is 12.6. The minimum Gasteiger partial charge on any atom is -0.480 e. The Balaban J connectivity index is 4.68. The number of ether oxygens (including phenoxy) is 2. The average molecular weight is 822 g/mol. The van der Waals surface area contributed by atoms with Gasteiger partial charge in [-0.25, -0.2) is 4.57 Å². The van der Waals surface area contributed by atoms with E-state index in [0.717, 1.165) is 70.6 Å². The molecule has 4 atom stereocenters. The molecular formula is C44H72NO11P. The van der Waals surface area contributed by atoms with Gasteiger partial charge in [-0.05, 0) is 70.6 Å². The number of hydrogen-bond donors (Lipinski definition) is 4. The smallest absolute Gasteiger partial charge is 0.472 e. The van der Waals surface area contributed by atoms with Gasteiger partial charge in [0.1, 0.15) is 12.6 Å². The van der Waals surface area contributed by atoms with Gasteiger partial charge >= 0.3 is 25.7 Å². The third-order valence-corrected chi connectivity index (χ3v) is 9.20. The summed E-state index contributed by atoms with van der Waals surface area (Å²) in [7, 11) is -4.79. The number of aliphatic hydroxyl groups is 1. The molecule has 0 amide bonds. The Morgan fingerprint density at radius 3 is 1.79 bits per heavy atom. The highest BCUT2D eigenvalue weighted by Gasteiger charge is 2.28. The predicted octanol–water partition coefficient (Wildman–Crippen LogP) is 9.69. The lowest BCUT2D eigenvalue weighted by Gasteiger charge is -2.20. The van der Waals surface area contributed by atoms with Crippen LogP contribution in [0.2, 0.25) is 0 Å². The lowest BCUT2D eigenvalue weighted by atomic mass is 10.1. The van der Waals surface area contributed by atoms with Gasteiger partial charge < -0.3 is 30.3 Å². The number of nitrogens with two attached hydrogens (primary N) is 1. The maximum Gasteiger partial charge on any atom is 0.472 e. The van der Waals surface area contributed by atoms with E-state index in [4.69, 9.17) is 24.8 Å². The van der Waals surface area contributed by atoms with E-state index in [0.29, 0.717) is 6.42 Å². The van der Waals surface area contributed by atoms with Crippen LogP contribution in [0.4, 0.5) is 0 Å². The number of carboxylic acids is 1. The number of carbonyl (C=O) groups is 3. The van der Waals surface area contributed by atoms with Crippen LogP contribution in [0.5, 0.6) is 0 Å². The van der Waals surface area contributed by atoms with Crippen molar-refractivity contribution >= 4 is 25.7 Å². The van der Waals surface area contributed by atoms with Gasteiger partial charge in [0.25, 0.3) is 0 Å². The van der Waals surface area contributed by atoms with E-state index in [-0.39, 0.29) is 19.3 Å². The minimum atomic E-state index is -4.79. The highest BCUT2D eigenvalue weighted by atomic mass is 31.2. The quantitative estimate of drug-likeness (QED) is 0.0153. The van der Waals surface area contributed by atoms with Crippen molar-refractivity contribution in [2.75, 3.05) is 19.8 Å². The van der Waals surface area contributed by atoms with Crippen molar-refractivity contribution in [3.63, 3.8) is 0 Å². The molecule has 0 fully saturated rings. The Kier molecular flexibility index (Phi) is 35.9. The molecule has 57 heavy (non-hydrogen) atoms. The van der Waals surface area contributed by atoms with E-state index < -0.39 is 63.8 Å². The number of phosphoric ester groups is 1. The Bertz CT molecular complexity index is 1300. The summed E-state index contributed by atoms with van der Waals surface area (Å²) >= 11 is 0. The van der Waals surface area contributed by atoms with Gasteiger partial charge in [-0.1, -0.05) is 137 Å². The summed E-state index contributed by atoms with van der Waals surface area (Å²) in [5, 5.41) is 19.2. The fourth-order valence-electron chi connectivity index (χ4n) is 4.93. The first-order chi connectivity index (χ1) is 27.5. The molecule has 0 radical (unpaired) electrons. The fourth-order valence-corrected chi connectivity index (χ4v) is 5.71. The number of allylic oxidation sites excluding steroid dienone is 13. The van der Waals surface area contributed by atoms with Crippen LogP contribution in [-0.4, -0.2) is 71.1 Å². The van der Waals surface area contributed by atoms with Crippen molar-refractivity contribution < 1.29 is 52.6 Å². The molecule has 2 unspecified atom stereocenters. The van der Waals surface area contributed by atoms with Crippen LogP contribution in [0, 0.1) is 0 Å². The molecule has 0 aromatic rings. The van der Waals surface area contributed by atoms with Crippen LogP contribution in [0.15, 0.2) is 85.1 Å². The number of phosphoric acid groups is 1. The lowest BCUT2D eigenvalue weighted by Crippen LogP contribution is -2.34. The second-order valence-electron chi connectivity index (χ2n) is 13.6. The number of esters is 2. The fraction of sp³-hybridized carbons (Fsp3) is 0.614. The van der Waals surface area contributed by atoms with Gasteiger partial charge in [0.05, 0.1) is 19.3 Å². The van der Waals surface area contributed by atoms with Crippen LogP contribution < -0.4 is 5.73 Å². The molecule has 0 spiro atoms. The van der Waals surface area contributed by atoms with Crippen LogP contribution >= 0.6 is 7.82 Å². The van der Waals surface area contributed by atoms with Crippen molar-refractivity contribution in [2.45, 2.75) is 154 Å². The van der Waals surface area contributed by atoms with E-state index in [9.17, 15) is 28.9 Å². The Morgan fingerprint density at radius 2 is 1.19 bits per heavy atom. The second-order valence-corrected chi connectivity index (χ2v) is 15.0. The third kappa shape index (κ3) is 37.9. The molecule has 0 bridgehead atoms. The SMILES string of the molecule is CC/C=C\C/C=C\C/C=C\C/C=C\C/C=C\C=C/C(O)CCC(=O)O[C@H](COC(=O)CCCCCCC/C=C\CCCCCC)COP(=O)(O)OC[C@H](N)C(=O)O. The van der Waals surface area contributed by atoms with Gasteiger partial charge in [0.15, 0.2) is 6.10 Å². The average Bonchev–Trinajstić information content (AvgIpc) is 3.18. The van der Waals surface area contributed by atoms with E-state index in [2.05, 4.69) is 79.1 Å². The number of carbonyl (C=O) groups excluding carboxylic acids is 2. The first-order valence-corrected chi connectivity index (χ1v) is 22.2. The zero-order valence-electron chi connectivity index (χ0n) is 34.5. The number of hydrogen-bond acceptors (Lipinski definition) is 10. The Labute approximate surface area is 342 Å². The van der Waals surface area contributed by atoms with Gasteiger partial charge in [-0.2, -0.15) is 0 Å². The van der Waals surface area contributed by atoms with Crippen molar-refractivity contribution in [1.29, 1.82) is 0 Å². The van der Waals surface area contributed by atoms with E-state index in [1.165, 1.54) is 25.7 Å². The molecule has 12 nitrogen and oxygen atoms in total. The highest BCUT2D eigenvalue weighted by molar-refractivity contribution is 7.47. The second kappa shape index (κ2) is 38.2. The van der Waals surface area contributed by atoms with Crippen LogP contribution in [-0.2, 0) is 37.5 Å². The molecule has 0 aliphatic carbocycles. The molecule has 324 valence electrons. The van der Waals surface area contributed by atoms with Crippen LogP contribution in [0.3, 0.4) is 0 Å². The molecule has 0 saturated carbocycles. The normalized spacial score (nSPS) is 15.2. The first-order valence-electron chi connectivity index (χ1n) is 20.7. The largest absolute Gasteiger partial charge is 0.480 e. The van der Waals surface area contributed by atoms with Gasteiger partial charge in [-0.15, -0.1) is 0 Å². The molecular weight excluding hydrogens is 749 g/mol. The number of aliphatic carboxylic acids is 1. The lowest BCUT2D eigenvalue weighted by molar-refractivity contribution is -0.161. The summed E-state index contributed by atoms with van der Waals surface area (Å²) < 4.78 is 32.4.